The maximum absolute atomic E-state index is 11.9. The molecule has 0 spiro atoms. The van der Waals surface area contributed by atoms with E-state index in [9.17, 15) is 4.79 Å². The molecule has 1 aromatic heterocycles. The molecule has 6 nitrogen and oxygen atoms in total. The van der Waals surface area contributed by atoms with Gasteiger partial charge in [0.25, 0.3) is 0 Å². The number of hydrogen-bond acceptors (Lipinski definition) is 6. The van der Waals surface area contributed by atoms with Crippen LogP contribution in [0.1, 0.15) is 29.0 Å². The summed E-state index contributed by atoms with van der Waals surface area (Å²) in [6.45, 7) is 3.73. The minimum atomic E-state index is -1.82. The number of alkyl halides is 3. The Kier molecular flexibility index (Phi) is 6.39. The summed E-state index contributed by atoms with van der Waals surface area (Å²) in [5.74, 6) is 0.597. The topological polar surface area (TPSA) is 71.0 Å². The van der Waals surface area contributed by atoms with E-state index in [1.54, 1.807) is 6.07 Å². The van der Waals surface area contributed by atoms with Gasteiger partial charge in [-0.2, -0.15) is 9.97 Å². The highest BCUT2D eigenvalue weighted by atomic mass is 35.6. The van der Waals surface area contributed by atoms with Gasteiger partial charge >= 0.3 is 0 Å². The number of carbonyl (C=O) groups excluding carboxylic acids is 1. The first-order valence-electron chi connectivity index (χ1n) is 9.72. The van der Waals surface area contributed by atoms with Crippen molar-refractivity contribution in [2.24, 2.45) is 0 Å². The summed E-state index contributed by atoms with van der Waals surface area (Å²) < 4.78 is -1.82. The fourth-order valence-corrected chi connectivity index (χ4v) is 3.91. The fraction of sp³-hybridized carbons (Fsp3) is 0.333. The number of halogens is 3. The van der Waals surface area contributed by atoms with Gasteiger partial charge in [0.05, 0.1) is 0 Å². The van der Waals surface area contributed by atoms with E-state index in [1.807, 2.05) is 30.3 Å². The number of hydrogen-bond donors (Lipinski definition) is 1. The van der Waals surface area contributed by atoms with E-state index in [0.717, 1.165) is 36.7 Å². The molecule has 1 fully saturated rings. The van der Waals surface area contributed by atoms with Crippen LogP contribution in [-0.2, 0) is 3.79 Å². The van der Waals surface area contributed by atoms with Crippen LogP contribution in [0.2, 0.25) is 0 Å². The van der Waals surface area contributed by atoms with Gasteiger partial charge in [-0.3, -0.25) is 4.79 Å². The third-order valence-corrected chi connectivity index (χ3v) is 5.64. The standard InChI is InChI=1S/C21H20Cl3N5O/c22-21(23,24)19-26-18(27-20(28-19)25-9-12-29-10-3-4-11-29)16-8-7-14-5-1-2-6-15(14)17(16)13-30/h1-2,5-8,13H,3-4,9-12H2,(H,25,26,27,28). The molecule has 3 aromatic rings. The monoisotopic (exact) mass is 463 g/mol. The fourth-order valence-electron chi connectivity index (χ4n) is 3.65. The second-order valence-electron chi connectivity index (χ2n) is 7.15. The van der Waals surface area contributed by atoms with Crippen molar-refractivity contribution in [3.63, 3.8) is 0 Å². The van der Waals surface area contributed by atoms with Gasteiger partial charge < -0.3 is 10.2 Å². The van der Waals surface area contributed by atoms with Crippen LogP contribution in [0.5, 0.6) is 0 Å². The molecule has 0 unspecified atom stereocenters. The van der Waals surface area contributed by atoms with Gasteiger partial charge in [0, 0.05) is 24.2 Å². The summed E-state index contributed by atoms with van der Waals surface area (Å²) in [6, 6.07) is 11.3. The third-order valence-electron chi connectivity index (χ3n) is 5.13. The molecule has 2 heterocycles. The summed E-state index contributed by atoms with van der Waals surface area (Å²) in [7, 11) is 0. The first-order chi connectivity index (χ1) is 14.5. The number of nitrogens with zero attached hydrogens (tertiary/aromatic N) is 4. The number of benzene rings is 2. The predicted molar refractivity (Wildman–Crippen MR) is 122 cm³/mol. The smallest absolute Gasteiger partial charge is 0.250 e. The summed E-state index contributed by atoms with van der Waals surface area (Å²) in [4.78, 5) is 27.4. The molecule has 0 aliphatic carbocycles. The molecule has 1 N–H and O–H groups in total. The van der Waals surface area contributed by atoms with E-state index in [1.165, 1.54) is 12.8 Å². The van der Waals surface area contributed by atoms with Crippen LogP contribution < -0.4 is 5.32 Å². The maximum atomic E-state index is 11.9. The van der Waals surface area contributed by atoms with Crippen molar-refractivity contribution in [3.8, 4) is 11.4 Å². The van der Waals surface area contributed by atoms with Gasteiger partial charge in [-0.15, -0.1) is 0 Å². The largest absolute Gasteiger partial charge is 0.353 e. The Bertz CT molecular complexity index is 1060. The normalized spacial score (nSPS) is 14.9. The van der Waals surface area contributed by atoms with Gasteiger partial charge in [0.1, 0.15) is 0 Å². The number of nitrogens with one attached hydrogen (secondary N) is 1. The first kappa shape index (κ1) is 21.2. The SMILES string of the molecule is O=Cc1c(-c2nc(NCCN3CCCC3)nc(C(Cl)(Cl)Cl)n2)ccc2ccccc12. The molecule has 0 saturated carbocycles. The van der Waals surface area contributed by atoms with E-state index < -0.39 is 3.79 Å². The third kappa shape index (κ3) is 4.67. The average Bonchev–Trinajstić information content (AvgIpc) is 3.25. The van der Waals surface area contributed by atoms with E-state index >= 15 is 0 Å². The average molecular weight is 465 g/mol. The molecule has 30 heavy (non-hydrogen) atoms. The minimum absolute atomic E-state index is 0.00572. The second kappa shape index (κ2) is 9.02. The van der Waals surface area contributed by atoms with Crippen LogP contribution in [0.15, 0.2) is 36.4 Å². The Morgan fingerprint density at radius 3 is 2.53 bits per heavy atom. The van der Waals surface area contributed by atoms with Crippen molar-refractivity contribution in [2.75, 3.05) is 31.5 Å². The van der Waals surface area contributed by atoms with E-state index in [4.69, 9.17) is 34.8 Å². The molecule has 1 saturated heterocycles. The Hall–Kier alpha value is -1.99. The Morgan fingerprint density at radius 2 is 1.80 bits per heavy atom. The summed E-state index contributed by atoms with van der Waals surface area (Å²) in [6.07, 6.45) is 3.25. The van der Waals surface area contributed by atoms with Gasteiger partial charge in [-0.25, -0.2) is 4.98 Å². The van der Waals surface area contributed by atoms with Gasteiger partial charge in [-0.05, 0) is 42.8 Å². The van der Waals surface area contributed by atoms with Gasteiger partial charge in [0.2, 0.25) is 9.74 Å². The minimum Gasteiger partial charge on any atom is -0.353 e. The van der Waals surface area contributed by atoms with Crippen LogP contribution in [0.4, 0.5) is 5.95 Å². The lowest BCUT2D eigenvalue weighted by atomic mass is 9.99. The quantitative estimate of drug-likeness (QED) is 0.416. The zero-order valence-corrected chi connectivity index (χ0v) is 18.4. The molecule has 9 heteroatoms. The molecule has 0 amide bonds. The summed E-state index contributed by atoms with van der Waals surface area (Å²) >= 11 is 18.2. The number of aldehydes is 1. The molecular weight excluding hydrogens is 445 g/mol. The molecule has 0 bridgehead atoms. The van der Waals surface area contributed by atoms with Crippen molar-refractivity contribution < 1.29 is 4.79 Å². The number of likely N-dealkylation sites (tertiary alicyclic amines) is 1. The Morgan fingerprint density at radius 1 is 1.03 bits per heavy atom. The zero-order chi connectivity index (χ0) is 21.1. The summed E-state index contributed by atoms with van der Waals surface area (Å²) in [5.41, 5.74) is 1.04. The van der Waals surface area contributed by atoms with Crippen LogP contribution >= 0.6 is 34.8 Å². The molecule has 1 aliphatic heterocycles. The second-order valence-corrected chi connectivity index (χ2v) is 9.43. The maximum Gasteiger partial charge on any atom is 0.250 e. The zero-order valence-electron chi connectivity index (χ0n) is 16.1. The van der Waals surface area contributed by atoms with E-state index in [2.05, 4.69) is 25.2 Å². The Labute approximate surface area is 189 Å². The molecule has 0 radical (unpaired) electrons. The number of fused-ring (bicyclic) bond motifs is 1. The Balaban J connectivity index is 1.71. The van der Waals surface area contributed by atoms with Crippen LogP contribution in [0, 0.1) is 0 Å². The highest BCUT2D eigenvalue weighted by Gasteiger charge is 2.29. The lowest BCUT2D eigenvalue weighted by Gasteiger charge is -2.17. The van der Waals surface area contributed by atoms with E-state index in [0.29, 0.717) is 23.6 Å². The van der Waals surface area contributed by atoms with Crippen LogP contribution in [-0.4, -0.2) is 52.3 Å². The van der Waals surface area contributed by atoms with Crippen LogP contribution in [0.3, 0.4) is 0 Å². The molecule has 4 rings (SSSR count). The first-order valence-corrected chi connectivity index (χ1v) is 10.9. The molecular formula is C21H20Cl3N5O. The highest BCUT2D eigenvalue weighted by molar-refractivity contribution is 6.66. The van der Waals surface area contributed by atoms with Crippen molar-refractivity contribution >= 4 is 57.8 Å². The lowest BCUT2D eigenvalue weighted by Crippen LogP contribution is -2.26. The summed E-state index contributed by atoms with van der Waals surface area (Å²) in [5, 5.41) is 4.96. The number of rotatable bonds is 6. The molecule has 156 valence electrons. The highest BCUT2D eigenvalue weighted by Crippen LogP contribution is 2.37. The number of aromatic nitrogens is 3. The molecule has 1 aliphatic rings. The van der Waals surface area contributed by atoms with Gasteiger partial charge in [0.15, 0.2) is 17.9 Å². The van der Waals surface area contributed by atoms with Crippen molar-refractivity contribution in [1.29, 1.82) is 0 Å². The molecule has 2 aromatic carbocycles. The van der Waals surface area contributed by atoms with Gasteiger partial charge in [-0.1, -0.05) is 65.1 Å². The molecule has 0 atom stereocenters. The van der Waals surface area contributed by atoms with E-state index in [-0.39, 0.29) is 11.6 Å². The predicted octanol–water partition coefficient (Wildman–Crippen LogP) is 4.84. The van der Waals surface area contributed by atoms with Crippen molar-refractivity contribution in [2.45, 2.75) is 16.6 Å². The van der Waals surface area contributed by atoms with Crippen molar-refractivity contribution in [1.82, 2.24) is 19.9 Å². The van der Waals surface area contributed by atoms with Crippen molar-refractivity contribution in [3.05, 3.63) is 47.8 Å². The number of anilines is 1. The lowest BCUT2D eigenvalue weighted by molar-refractivity contribution is 0.112. The number of carbonyl (C=O) groups is 1. The van der Waals surface area contributed by atoms with Crippen LogP contribution in [0.25, 0.3) is 22.2 Å².